The average Bonchev–Trinajstić information content (AvgIpc) is 2.46. The summed E-state index contributed by atoms with van der Waals surface area (Å²) in [4.78, 5) is 12.0. The summed E-state index contributed by atoms with van der Waals surface area (Å²) in [5.41, 5.74) is 1.18. The van der Waals surface area contributed by atoms with Crippen LogP contribution < -0.4 is 0 Å². The minimum atomic E-state index is -0.0256. The molecule has 19 heavy (non-hydrogen) atoms. The second kappa shape index (κ2) is 7.27. The first-order chi connectivity index (χ1) is 9.12. The van der Waals surface area contributed by atoms with E-state index in [1.807, 2.05) is 19.9 Å². The van der Waals surface area contributed by atoms with Gasteiger partial charge in [0.05, 0.1) is 17.3 Å². The van der Waals surface area contributed by atoms with Crippen LogP contribution in [0.1, 0.15) is 32.3 Å². The summed E-state index contributed by atoms with van der Waals surface area (Å²) < 4.78 is 0. The van der Waals surface area contributed by atoms with E-state index in [1.54, 1.807) is 31.3 Å². The van der Waals surface area contributed by atoms with E-state index in [9.17, 15) is 4.79 Å². The van der Waals surface area contributed by atoms with Gasteiger partial charge in [0, 0.05) is 13.0 Å². The minimum Gasteiger partial charge on any atom is -0.273 e. The Morgan fingerprint density at radius 1 is 1.32 bits per heavy atom. The van der Waals surface area contributed by atoms with E-state index in [0.717, 1.165) is 12.8 Å². The highest BCUT2D eigenvalue weighted by molar-refractivity contribution is 5.78. The molecule has 0 aromatic heterocycles. The molecular weight excluding hydrogens is 240 g/mol. The smallest absolute Gasteiger partial charge is 0.246 e. The Balaban J connectivity index is 2.69. The van der Waals surface area contributed by atoms with Crippen LogP contribution in [-0.2, 0) is 4.79 Å². The standard InChI is InChI=1S/C14H18N4O/c1-4-12(5-2)14(19)18(3)17-16-13-8-6-11(10-15)7-9-13/h6-9,12H,4-5H2,1-3H3. The highest BCUT2D eigenvalue weighted by Gasteiger charge is 2.18. The number of hydrogen-bond acceptors (Lipinski definition) is 4. The molecule has 0 saturated carbocycles. The lowest BCUT2D eigenvalue weighted by atomic mass is 10.0. The van der Waals surface area contributed by atoms with Crippen LogP contribution in [0.25, 0.3) is 0 Å². The van der Waals surface area contributed by atoms with Crippen LogP contribution in [0.2, 0.25) is 0 Å². The van der Waals surface area contributed by atoms with Gasteiger partial charge in [-0.3, -0.25) is 4.79 Å². The molecule has 0 spiro atoms. The fraction of sp³-hybridized carbons (Fsp3) is 0.429. The molecule has 0 heterocycles. The number of nitriles is 1. The molecule has 1 aromatic rings. The molecule has 0 unspecified atom stereocenters. The number of carbonyl (C=O) groups excluding carboxylic acids is 1. The first-order valence-electron chi connectivity index (χ1n) is 6.31. The number of rotatable bonds is 5. The molecule has 0 atom stereocenters. The number of hydrogen-bond donors (Lipinski definition) is 0. The van der Waals surface area contributed by atoms with Crippen LogP contribution in [0.4, 0.5) is 5.69 Å². The highest BCUT2D eigenvalue weighted by atomic mass is 16.2. The Morgan fingerprint density at radius 2 is 1.89 bits per heavy atom. The molecule has 0 fully saturated rings. The molecule has 1 aromatic carbocycles. The van der Waals surface area contributed by atoms with Gasteiger partial charge in [-0.2, -0.15) is 5.26 Å². The normalized spacial score (nSPS) is 10.7. The lowest BCUT2D eigenvalue weighted by Crippen LogP contribution is -2.27. The third-order valence-electron chi connectivity index (χ3n) is 2.94. The van der Waals surface area contributed by atoms with Gasteiger partial charge in [-0.1, -0.05) is 19.1 Å². The van der Waals surface area contributed by atoms with E-state index in [2.05, 4.69) is 10.3 Å². The Kier molecular flexibility index (Phi) is 5.68. The topological polar surface area (TPSA) is 68.8 Å². The molecule has 100 valence electrons. The second-order valence-electron chi connectivity index (χ2n) is 4.22. The summed E-state index contributed by atoms with van der Waals surface area (Å²) in [5, 5.41) is 17.8. The van der Waals surface area contributed by atoms with Gasteiger partial charge >= 0.3 is 0 Å². The number of carbonyl (C=O) groups is 1. The zero-order valence-corrected chi connectivity index (χ0v) is 11.5. The van der Waals surface area contributed by atoms with Crippen LogP contribution >= 0.6 is 0 Å². The third kappa shape index (κ3) is 4.18. The maximum absolute atomic E-state index is 12.0. The maximum atomic E-state index is 12.0. The summed E-state index contributed by atoms with van der Waals surface area (Å²) in [6, 6.07) is 8.74. The molecule has 0 aliphatic carbocycles. The van der Waals surface area contributed by atoms with Crippen molar-refractivity contribution in [1.82, 2.24) is 5.01 Å². The van der Waals surface area contributed by atoms with Crippen LogP contribution in [0, 0.1) is 17.2 Å². The highest BCUT2D eigenvalue weighted by Crippen LogP contribution is 2.15. The molecule has 0 bridgehead atoms. The lowest BCUT2D eigenvalue weighted by Gasteiger charge is -2.16. The predicted octanol–water partition coefficient (Wildman–Crippen LogP) is 3.45. The van der Waals surface area contributed by atoms with Crippen LogP contribution in [0.5, 0.6) is 0 Å². The van der Waals surface area contributed by atoms with Crippen LogP contribution in [0.3, 0.4) is 0 Å². The predicted molar refractivity (Wildman–Crippen MR) is 72.5 cm³/mol. The first kappa shape index (κ1) is 14.8. The van der Waals surface area contributed by atoms with Gasteiger partial charge in [-0.05, 0) is 37.1 Å². The Hall–Kier alpha value is -2.22. The number of nitrogens with zero attached hydrogens (tertiary/aromatic N) is 4. The monoisotopic (exact) mass is 258 g/mol. The van der Waals surface area contributed by atoms with E-state index in [1.165, 1.54) is 5.01 Å². The molecule has 0 N–H and O–H groups in total. The van der Waals surface area contributed by atoms with Gasteiger partial charge in [0.2, 0.25) is 5.91 Å². The van der Waals surface area contributed by atoms with E-state index in [-0.39, 0.29) is 11.8 Å². The van der Waals surface area contributed by atoms with E-state index < -0.39 is 0 Å². The van der Waals surface area contributed by atoms with Crippen molar-refractivity contribution in [3.05, 3.63) is 29.8 Å². The summed E-state index contributed by atoms with van der Waals surface area (Å²) in [7, 11) is 1.60. The quantitative estimate of drug-likeness (QED) is 0.599. The van der Waals surface area contributed by atoms with E-state index in [4.69, 9.17) is 5.26 Å². The molecule has 1 amide bonds. The molecule has 5 nitrogen and oxygen atoms in total. The fourth-order valence-corrected chi connectivity index (χ4v) is 1.67. The van der Waals surface area contributed by atoms with Gasteiger partial charge in [-0.15, -0.1) is 5.11 Å². The largest absolute Gasteiger partial charge is 0.273 e. The Morgan fingerprint density at radius 3 is 2.37 bits per heavy atom. The summed E-state index contributed by atoms with van der Waals surface area (Å²) in [6.45, 7) is 3.97. The van der Waals surface area contributed by atoms with Crippen LogP contribution in [-0.4, -0.2) is 18.0 Å². The molecule has 0 aliphatic heterocycles. The average molecular weight is 258 g/mol. The van der Waals surface area contributed by atoms with Gasteiger partial charge in [0.25, 0.3) is 0 Å². The van der Waals surface area contributed by atoms with Crippen molar-refractivity contribution >= 4 is 11.6 Å². The summed E-state index contributed by atoms with van der Waals surface area (Å²) in [6.07, 6.45) is 1.60. The second-order valence-corrected chi connectivity index (χ2v) is 4.22. The Bertz CT molecular complexity index is 483. The molecule has 0 aliphatic rings. The summed E-state index contributed by atoms with van der Waals surface area (Å²) >= 11 is 0. The Labute approximate surface area is 113 Å². The van der Waals surface area contributed by atoms with Crippen molar-refractivity contribution in [1.29, 1.82) is 5.26 Å². The van der Waals surface area contributed by atoms with Crippen molar-refractivity contribution < 1.29 is 4.79 Å². The van der Waals surface area contributed by atoms with Crippen molar-refractivity contribution in [3.63, 3.8) is 0 Å². The van der Waals surface area contributed by atoms with Gasteiger partial charge in [0.15, 0.2) is 0 Å². The van der Waals surface area contributed by atoms with Gasteiger partial charge < -0.3 is 0 Å². The van der Waals surface area contributed by atoms with Gasteiger partial charge in [-0.25, -0.2) is 5.01 Å². The van der Waals surface area contributed by atoms with E-state index in [0.29, 0.717) is 11.3 Å². The SMILES string of the molecule is CCC(CC)C(=O)N(C)N=Nc1ccc(C#N)cc1. The van der Waals surface area contributed by atoms with Crippen molar-refractivity contribution in [2.24, 2.45) is 16.3 Å². The van der Waals surface area contributed by atoms with Crippen LogP contribution in [0.15, 0.2) is 34.6 Å². The van der Waals surface area contributed by atoms with Crippen molar-refractivity contribution in [2.75, 3.05) is 7.05 Å². The minimum absolute atomic E-state index is 0.00934. The molecular formula is C14H18N4O. The molecule has 1 rings (SSSR count). The fourth-order valence-electron chi connectivity index (χ4n) is 1.67. The number of benzene rings is 1. The van der Waals surface area contributed by atoms with Gasteiger partial charge in [0.1, 0.15) is 0 Å². The lowest BCUT2D eigenvalue weighted by molar-refractivity contribution is -0.134. The molecule has 0 saturated heterocycles. The zero-order chi connectivity index (χ0) is 14.3. The van der Waals surface area contributed by atoms with E-state index >= 15 is 0 Å². The third-order valence-corrected chi connectivity index (χ3v) is 2.94. The zero-order valence-electron chi connectivity index (χ0n) is 11.5. The summed E-state index contributed by atoms with van der Waals surface area (Å²) in [5.74, 6) is -0.0349. The maximum Gasteiger partial charge on any atom is 0.246 e. The first-order valence-corrected chi connectivity index (χ1v) is 6.31. The number of amides is 1. The van der Waals surface area contributed by atoms with Crippen molar-refractivity contribution in [2.45, 2.75) is 26.7 Å². The molecule has 5 heteroatoms. The van der Waals surface area contributed by atoms with Crippen molar-refractivity contribution in [3.8, 4) is 6.07 Å². The molecule has 0 radical (unpaired) electrons.